The van der Waals surface area contributed by atoms with E-state index in [-0.39, 0.29) is 5.56 Å². The molecule has 6 heteroatoms. The van der Waals surface area contributed by atoms with Crippen LogP contribution in [0.15, 0.2) is 24.3 Å². The van der Waals surface area contributed by atoms with E-state index in [2.05, 4.69) is 9.05 Å². The Hall–Kier alpha value is -0.740. The van der Waals surface area contributed by atoms with Crippen LogP contribution in [0, 0.1) is 5.82 Å². The lowest BCUT2D eigenvalue weighted by Crippen LogP contribution is -2.02. The molecule has 0 aliphatic heterocycles. The topological polar surface area (TPSA) is 55.8 Å². The van der Waals surface area contributed by atoms with Gasteiger partial charge in [0.05, 0.1) is 0 Å². The molecule has 0 fully saturated rings. The number of hydrogen-bond donors (Lipinski definition) is 1. The third-order valence-electron chi connectivity index (χ3n) is 1.98. The van der Waals surface area contributed by atoms with Gasteiger partial charge in [0.1, 0.15) is 5.82 Å². The number of hydrogen-bond acceptors (Lipinski definition) is 4. The van der Waals surface area contributed by atoms with Crippen molar-refractivity contribution in [1.29, 1.82) is 0 Å². The summed E-state index contributed by atoms with van der Waals surface area (Å²) in [6.45, 7) is 0. The second-order valence-corrected chi connectivity index (χ2v) is 5.13. The molecule has 0 spiro atoms. The van der Waals surface area contributed by atoms with E-state index in [1.165, 1.54) is 26.4 Å². The van der Waals surface area contributed by atoms with Crippen LogP contribution in [-0.4, -0.2) is 19.3 Å². The summed E-state index contributed by atoms with van der Waals surface area (Å²) < 4.78 is 33.6. The molecule has 4 nitrogen and oxygen atoms in total. The van der Waals surface area contributed by atoms with Crippen molar-refractivity contribution in [3.63, 3.8) is 0 Å². The normalized spacial score (nSPS) is 13.9. The summed E-state index contributed by atoms with van der Waals surface area (Å²) in [4.78, 5) is 0. The lowest BCUT2D eigenvalue weighted by atomic mass is 10.2. The molecule has 0 radical (unpaired) electrons. The SMILES string of the molecule is COP(=O)(OC)C(O)c1ccc(F)cc1. The predicted molar refractivity (Wildman–Crippen MR) is 53.0 cm³/mol. The Morgan fingerprint density at radius 3 is 2.13 bits per heavy atom. The molecule has 0 aliphatic rings. The molecule has 1 atom stereocenters. The lowest BCUT2D eigenvalue weighted by molar-refractivity contribution is 0.176. The second-order valence-electron chi connectivity index (χ2n) is 2.83. The average molecular weight is 234 g/mol. The molecular formula is C9H12FO4P. The first kappa shape index (κ1) is 12.3. The Balaban J connectivity index is 2.98. The third kappa shape index (κ3) is 2.63. The smallest absolute Gasteiger partial charge is 0.362 e. The van der Waals surface area contributed by atoms with Gasteiger partial charge in [0.2, 0.25) is 0 Å². The monoisotopic (exact) mass is 234 g/mol. The highest BCUT2D eigenvalue weighted by Gasteiger charge is 2.33. The van der Waals surface area contributed by atoms with Gasteiger partial charge in [0, 0.05) is 14.2 Å². The van der Waals surface area contributed by atoms with Crippen molar-refractivity contribution in [2.75, 3.05) is 14.2 Å². The Morgan fingerprint density at radius 1 is 1.27 bits per heavy atom. The lowest BCUT2D eigenvalue weighted by Gasteiger charge is -2.19. The van der Waals surface area contributed by atoms with Crippen LogP contribution < -0.4 is 0 Å². The highest BCUT2D eigenvalue weighted by atomic mass is 31.2. The Kier molecular flexibility index (Phi) is 3.99. The van der Waals surface area contributed by atoms with Crippen LogP contribution in [0.4, 0.5) is 4.39 Å². The molecule has 15 heavy (non-hydrogen) atoms. The van der Waals surface area contributed by atoms with Crippen LogP contribution in [0.25, 0.3) is 0 Å². The highest BCUT2D eigenvalue weighted by Crippen LogP contribution is 2.58. The van der Waals surface area contributed by atoms with Crippen LogP contribution in [0.1, 0.15) is 11.4 Å². The van der Waals surface area contributed by atoms with E-state index in [0.717, 1.165) is 12.1 Å². The standard InChI is InChI=1S/C9H12FO4P/c1-13-15(12,14-2)9(11)7-3-5-8(10)6-4-7/h3-6,9,11H,1-2H3. The van der Waals surface area contributed by atoms with Crippen molar-refractivity contribution in [3.05, 3.63) is 35.6 Å². The fourth-order valence-electron chi connectivity index (χ4n) is 1.09. The van der Waals surface area contributed by atoms with E-state index in [1.54, 1.807) is 0 Å². The molecule has 1 aromatic rings. The summed E-state index contributed by atoms with van der Waals surface area (Å²) in [6, 6.07) is 4.97. The first-order valence-electron chi connectivity index (χ1n) is 4.18. The van der Waals surface area contributed by atoms with Crippen molar-refractivity contribution in [2.24, 2.45) is 0 Å². The van der Waals surface area contributed by atoms with E-state index < -0.39 is 19.3 Å². The van der Waals surface area contributed by atoms with Gasteiger partial charge in [-0.25, -0.2) is 4.39 Å². The summed E-state index contributed by atoms with van der Waals surface area (Å²) >= 11 is 0. The zero-order valence-electron chi connectivity index (χ0n) is 8.38. The first-order chi connectivity index (χ1) is 7.03. The maximum Gasteiger partial charge on any atom is 0.362 e. The molecule has 0 bridgehead atoms. The van der Waals surface area contributed by atoms with Crippen molar-refractivity contribution >= 4 is 7.60 Å². The van der Waals surface area contributed by atoms with Crippen LogP contribution in [0.5, 0.6) is 0 Å². The molecule has 0 saturated carbocycles. The fraction of sp³-hybridized carbons (Fsp3) is 0.333. The zero-order valence-corrected chi connectivity index (χ0v) is 9.28. The average Bonchev–Trinajstić information content (AvgIpc) is 2.28. The quantitative estimate of drug-likeness (QED) is 0.812. The number of halogens is 1. The van der Waals surface area contributed by atoms with Crippen molar-refractivity contribution in [2.45, 2.75) is 5.85 Å². The van der Waals surface area contributed by atoms with Gasteiger partial charge in [-0.2, -0.15) is 0 Å². The summed E-state index contributed by atoms with van der Waals surface area (Å²) in [5.74, 6) is -1.84. The molecule has 1 aromatic carbocycles. The van der Waals surface area contributed by atoms with Crippen LogP contribution in [0.3, 0.4) is 0 Å². The van der Waals surface area contributed by atoms with Gasteiger partial charge in [0.25, 0.3) is 0 Å². The molecule has 84 valence electrons. The number of benzene rings is 1. The van der Waals surface area contributed by atoms with E-state index in [1.807, 2.05) is 0 Å². The second kappa shape index (κ2) is 4.86. The maximum atomic E-state index is 12.6. The molecule has 0 aliphatic carbocycles. The molecular weight excluding hydrogens is 222 g/mol. The summed E-state index contributed by atoms with van der Waals surface area (Å²) in [5, 5.41) is 9.69. The first-order valence-corrected chi connectivity index (χ1v) is 5.79. The van der Waals surface area contributed by atoms with E-state index in [0.29, 0.717) is 0 Å². The molecule has 0 amide bonds. The van der Waals surface area contributed by atoms with Crippen LogP contribution in [0.2, 0.25) is 0 Å². The molecule has 0 aromatic heterocycles. The van der Waals surface area contributed by atoms with Crippen molar-refractivity contribution in [3.8, 4) is 0 Å². The predicted octanol–water partition coefficient (Wildman–Crippen LogP) is 2.30. The molecule has 1 unspecified atom stereocenters. The molecule has 0 saturated heterocycles. The minimum atomic E-state index is -3.58. The largest absolute Gasteiger partial charge is 0.376 e. The summed E-state index contributed by atoms with van der Waals surface area (Å²) in [7, 11) is -1.22. The van der Waals surface area contributed by atoms with Gasteiger partial charge >= 0.3 is 7.60 Å². The van der Waals surface area contributed by atoms with Gasteiger partial charge in [-0.05, 0) is 17.7 Å². The van der Waals surface area contributed by atoms with E-state index >= 15 is 0 Å². The van der Waals surface area contributed by atoms with Crippen molar-refractivity contribution in [1.82, 2.24) is 0 Å². The highest BCUT2D eigenvalue weighted by molar-refractivity contribution is 7.53. The van der Waals surface area contributed by atoms with Gasteiger partial charge in [-0.1, -0.05) is 12.1 Å². The fourth-order valence-corrected chi connectivity index (χ4v) is 2.18. The molecule has 1 N–H and O–H groups in total. The Bertz CT molecular complexity index is 357. The van der Waals surface area contributed by atoms with Crippen molar-refractivity contribution < 1.29 is 23.1 Å². The minimum absolute atomic E-state index is 0.281. The number of aliphatic hydroxyl groups excluding tert-OH is 1. The molecule has 0 heterocycles. The van der Waals surface area contributed by atoms with Gasteiger partial charge < -0.3 is 14.2 Å². The zero-order chi connectivity index (χ0) is 11.5. The third-order valence-corrected chi connectivity index (χ3v) is 3.89. The minimum Gasteiger partial charge on any atom is -0.376 e. The molecule has 1 rings (SSSR count). The van der Waals surface area contributed by atoms with E-state index in [9.17, 15) is 14.1 Å². The van der Waals surface area contributed by atoms with Crippen LogP contribution >= 0.6 is 7.60 Å². The number of rotatable bonds is 4. The van der Waals surface area contributed by atoms with Gasteiger partial charge in [-0.3, -0.25) is 4.57 Å². The van der Waals surface area contributed by atoms with Gasteiger partial charge in [-0.15, -0.1) is 0 Å². The van der Waals surface area contributed by atoms with Crippen LogP contribution in [-0.2, 0) is 13.6 Å². The van der Waals surface area contributed by atoms with E-state index in [4.69, 9.17) is 0 Å². The Labute approximate surface area is 87.2 Å². The van der Waals surface area contributed by atoms with Gasteiger partial charge in [0.15, 0.2) is 5.85 Å². The maximum absolute atomic E-state index is 12.6. The Morgan fingerprint density at radius 2 is 1.73 bits per heavy atom. The summed E-state index contributed by atoms with van der Waals surface area (Å²) in [5.41, 5.74) is 0.281. The summed E-state index contributed by atoms with van der Waals surface area (Å²) in [6.07, 6.45) is 0. The number of aliphatic hydroxyl groups is 1.